The third kappa shape index (κ3) is 1.95. The smallest absolute Gasteiger partial charge is 0.240 e. The van der Waals surface area contributed by atoms with Crippen LogP contribution in [0.2, 0.25) is 0 Å². The SMILES string of the molecule is COCCNC(=O)C1(N)CCC1. The Bertz CT molecular complexity index is 166. The van der Waals surface area contributed by atoms with Gasteiger partial charge >= 0.3 is 0 Å². The Morgan fingerprint density at radius 3 is 2.75 bits per heavy atom. The molecule has 0 atom stereocenters. The van der Waals surface area contributed by atoms with Crippen LogP contribution in [0.15, 0.2) is 0 Å². The second kappa shape index (κ2) is 3.87. The fourth-order valence-electron chi connectivity index (χ4n) is 1.23. The molecule has 0 heterocycles. The van der Waals surface area contributed by atoms with Gasteiger partial charge in [-0.2, -0.15) is 0 Å². The van der Waals surface area contributed by atoms with E-state index in [2.05, 4.69) is 5.32 Å². The van der Waals surface area contributed by atoms with Crippen molar-refractivity contribution in [3.05, 3.63) is 0 Å². The number of hydrogen-bond acceptors (Lipinski definition) is 3. The molecule has 0 bridgehead atoms. The Kier molecular flexibility index (Phi) is 3.05. The van der Waals surface area contributed by atoms with E-state index in [1.807, 2.05) is 0 Å². The molecule has 1 saturated carbocycles. The molecule has 12 heavy (non-hydrogen) atoms. The second-order valence-corrected chi connectivity index (χ2v) is 3.26. The van der Waals surface area contributed by atoms with Crippen LogP contribution in [0.5, 0.6) is 0 Å². The van der Waals surface area contributed by atoms with Crippen LogP contribution in [0.3, 0.4) is 0 Å². The van der Waals surface area contributed by atoms with Gasteiger partial charge in [-0.25, -0.2) is 0 Å². The summed E-state index contributed by atoms with van der Waals surface area (Å²) in [6, 6.07) is 0. The van der Waals surface area contributed by atoms with E-state index in [1.54, 1.807) is 7.11 Å². The van der Waals surface area contributed by atoms with Gasteiger partial charge in [0.25, 0.3) is 0 Å². The molecular formula is C8H16N2O2. The lowest BCUT2D eigenvalue weighted by molar-refractivity contribution is -0.129. The number of ether oxygens (including phenoxy) is 1. The van der Waals surface area contributed by atoms with E-state index in [-0.39, 0.29) is 5.91 Å². The van der Waals surface area contributed by atoms with Crippen LogP contribution in [0.4, 0.5) is 0 Å². The van der Waals surface area contributed by atoms with Gasteiger partial charge in [0.05, 0.1) is 12.1 Å². The minimum absolute atomic E-state index is 0.0363. The zero-order valence-electron chi connectivity index (χ0n) is 7.43. The fraction of sp³-hybridized carbons (Fsp3) is 0.875. The number of nitrogens with two attached hydrogens (primary N) is 1. The molecule has 0 aromatic carbocycles. The highest BCUT2D eigenvalue weighted by molar-refractivity contribution is 5.86. The van der Waals surface area contributed by atoms with Gasteiger partial charge in [0.1, 0.15) is 0 Å². The van der Waals surface area contributed by atoms with Crippen molar-refractivity contribution in [2.75, 3.05) is 20.3 Å². The first-order valence-electron chi connectivity index (χ1n) is 4.25. The van der Waals surface area contributed by atoms with Crippen molar-refractivity contribution in [1.29, 1.82) is 0 Å². The standard InChI is InChI=1S/C8H16N2O2/c1-12-6-5-10-7(11)8(9)3-2-4-8/h2-6,9H2,1H3,(H,10,11). The number of methoxy groups -OCH3 is 1. The van der Waals surface area contributed by atoms with Crippen LogP contribution >= 0.6 is 0 Å². The van der Waals surface area contributed by atoms with E-state index in [9.17, 15) is 4.79 Å². The van der Waals surface area contributed by atoms with Crippen LogP contribution < -0.4 is 11.1 Å². The molecule has 4 heteroatoms. The highest BCUT2D eigenvalue weighted by Gasteiger charge is 2.39. The number of hydrogen-bond donors (Lipinski definition) is 2. The van der Waals surface area contributed by atoms with Crippen molar-refractivity contribution in [3.63, 3.8) is 0 Å². The number of rotatable bonds is 4. The van der Waals surface area contributed by atoms with Crippen LogP contribution in [-0.4, -0.2) is 31.7 Å². The van der Waals surface area contributed by atoms with Crippen molar-refractivity contribution in [3.8, 4) is 0 Å². The first-order chi connectivity index (χ1) is 5.69. The molecule has 0 aromatic rings. The predicted octanol–water partition coefficient (Wildman–Crippen LogP) is -0.370. The van der Waals surface area contributed by atoms with Crippen molar-refractivity contribution in [2.24, 2.45) is 5.73 Å². The summed E-state index contributed by atoms with van der Waals surface area (Å²) < 4.78 is 4.80. The Morgan fingerprint density at radius 2 is 2.33 bits per heavy atom. The first-order valence-corrected chi connectivity index (χ1v) is 4.25. The number of amides is 1. The zero-order valence-corrected chi connectivity index (χ0v) is 7.43. The van der Waals surface area contributed by atoms with Crippen molar-refractivity contribution in [2.45, 2.75) is 24.8 Å². The minimum atomic E-state index is -0.576. The molecule has 1 rings (SSSR count). The maximum absolute atomic E-state index is 11.3. The molecule has 4 nitrogen and oxygen atoms in total. The summed E-state index contributed by atoms with van der Waals surface area (Å²) in [7, 11) is 1.60. The maximum Gasteiger partial charge on any atom is 0.240 e. The van der Waals surface area contributed by atoms with E-state index in [4.69, 9.17) is 10.5 Å². The summed E-state index contributed by atoms with van der Waals surface area (Å²) >= 11 is 0. The van der Waals surface area contributed by atoms with E-state index in [0.717, 1.165) is 19.3 Å². The molecule has 1 aliphatic rings. The van der Waals surface area contributed by atoms with Crippen LogP contribution in [0.25, 0.3) is 0 Å². The molecule has 0 spiro atoms. The molecule has 0 aromatic heterocycles. The summed E-state index contributed by atoms with van der Waals surface area (Å²) in [6.45, 7) is 1.09. The lowest BCUT2D eigenvalue weighted by Gasteiger charge is -2.36. The highest BCUT2D eigenvalue weighted by Crippen LogP contribution is 2.28. The average molecular weight is 172 g/mol. The number of carbonyl (C=O) groups is 1. The topological polar surface area (TPSA) is 64.3 Å². The molecule has 1 fully saturated rings. The molecule has 0 unspecified atom stereocenters. The fourth-order valence-corrected chi connectivity index (χ4v) is 1.23. The van der Waals surface area contributed by atoms with Gasteiger partial charge in [-0.1, -0.05) is 0 Å². The predicted molar refractivity (Wildman–Crippen MR) is 45.7 cm³/mol. The van der Waals surface area contributed by atoms with Crippen molar-refractivity contribution in [1.82, 2.24) is 5.32 Å². The Labute approximate surface area is 72.5 Å². The molecule has 0 aliphatic heterocycles. The van der Waals surface area contributed by atoms with Crippen molar-refractivity contribution < 1.29 is 9.53 Å². The normalized spacial score (nSPS) is 19.8. The lowest BCUT2D eigenvalue weighted by Crippen LogP contribution is -2.58. The van der Waals surface area contributed by atoms with Crippen molar-refractivity contribution >= 4 is 5.91 Å². The van der Waals surface area contributed by atoms with Gasteiger partial charge in [-0.15, -0.1) is 0 Å². The molecule has 70 valence electrons. The molecule has 3 N–H and O–H groups in total. The monoisotopic (exact) mass is 172 g/mol. The van der Waals surface area contributed by atoms with Gasteiger partial charge in [0.2, 0.25) is 5.91 Å². The summed E-state index contributed by atoms with van der Waals surface area (Å²) in [5.74, 6) is -0.0363. The number of carbonyl (C=O) groups excluding carboxylic acids is 1. The lowest BCUT2D eigenvalue weighted by atomic mass is 9.77. The van der Waals surface area contributed by atoms with E-state index < -0.39 is 5.54 Å². The first kappa shape index (κ1) is 9.48. The summed E-state index contributed by atoms with van der Waals surface area (Å²) in [5.41, 5.74) is 5.20. The van der Waals surface area contributed by atoms with Crippen LogP contribution in [-0.2, 0) is 9.53 Å². The molecule has 0 saturated heterocycles. The molecule has 1 aliphatic carbocycles. The second-order valence-electron chi connectivity index (χ2n) is 3.26. The third-order valence-corrected chi connectivity index (χ3v) is 2.29. The van der Waals surface area contributed by atoms with Gasteiger partial charge in [-0.05, 0) is 19.3 Å². The van der Waals surface area contributed by atoms with Crippen LogP contribution in [0.1, 0.15) is 19.3 Å². The van der Waals surface area contributed by atoms with E-state index >= 15 is 0 Å². The number of nitrogens with one attached hydrogen (secondary N) is 1. The third-order valence-electron chi connectivity index (χ3n) is 2.29. The molecular weight excluding hydrogens is 156 g/mol. The molecule has 1 amide bonds. The minimum Gasteiger partial charge on any atom is -0.383 e. The molecule has 0 radical (unpaired) electrons. The average Bonchev–Trinajstić information content (AvgIpc) is 2.00. The van der Waals surface area contributed by atoms with Gasteiger partial charge in [0.15, 0.2) is 0 Å². The Hall–Kier alpha value is -0.610. The van der Waals surface area contributed by atoms with Crippen LogP contribution in [0, 0.1) is 0 Å². The largest absolute Gasteiger partial charge is 0.383 e. The maximum atomic E-state index is 11.3. The Balaban J connectivity index is 2.19. The Morgan fingerprint density at radius 1 is 1.67 bits per heavy atom. The van der Waals surface area contributed by atoms with E-state index in [1.165, 1.54) is 0 Å². The zero-order chi connectivity index (χ0) is 9.03. The van der Waals surface area contributed by atoms with Gasteiger partial charge in [0, 0.05) is 13.7 Å². The summed E-state index contributed by atoms with van der Waals surface area (Å²) in [4.78, 5) is 11.3. The van der Waals surface area contributed by atoms with E-state index in [0.29, 0.717) is 13.2 Å². The van der Waals surface area contributed by atoms with Gasteiger partial charge in [-0.3, -0.25) is 4.79 Å². The highest BCUT2D eigenvalue weighted by atomic mass is 16.5. The summed E-state index contributed by atoms with van der Waals surface area (Å²) in [6.07, 6.45) is 2.69. The van der Waals surface area contributed by atoms with Gasteiger partial charge < -0.3 is 15.8 Å². The quantitative estimate of drug-likeness (QED) is 0.569. The summed E-state index contributed by atoms with van der Waals surface area (Å²) in [5, 5.41) is 2.74.